The Kier molecular flexibility index (Phi) is 3.08. The average Bonchev–Trinajstić information content (AvgIpc) is 3.22. The van der Waals surface area contributed by atoms with Crippen LogP contribution in [0.3, 0.4) is 0 Å². The van der Waals surface area contributed by atoms with Gasteiger partial charge in [-0.3, -0.25) is 4.79 Å². The van der Waals surface area contributed by atoms with Gasteiger partial charge in [0.05, 0.1) is 10.9 Å². The number of benzene rings is 2. The smallest absolute Gasteiger partial charge is 0.283 e. The first-order chi connectivity index (χ1) is 12.7. The van der Waals surface area contributed by atoms with E-state index in [-0.39, 0.29) is 5.56 Å². The molecule has 0 saturated heterocycles. The summed E-state index contributed by atoms with van der Waals surface area (Å²) in [5.74, 6) is 7.15. The summed E-state index contributed by atoms with van der Waals surface area (Å²) in [5.41, 5.74) is 2.71. The molecule has 5 rings (SSSR count). The highest BCUT2D eigenvalue weighted by Gasteiger charge is 2.14. The van der Waals surface area contributed by atoms with Crippen LogP contribution < -0.4 is 11.4 Å². The summed E-state index contributed by atoms with van der Waals surface area (Å²) in [7, 11) is 0. The van der Waals surface area contributed by atoms with Crippen molar-refractivity contribution in [2.24, 2.45) is 0 Å². The molecular formula is C19H16N6O. The summed E-state index contributed by atoms with van der Waals surface area (Å²) >= 11 is 0. The topological polar surface area (TPSA) is 94.0 Å². The SMILES string of the molecule is Nn1c(CCc2c[nH]c3ccccc23)nn2c(=O)c3ccccc3nc12. The van der Waals surface area contributed by atoms with E-state index in [4.69, 9.17) is 5.84 Å². The molecule has 7 heteroatoms. The number of H-pyrrole nitrogens is 1. The van der Waals surface area contributed by atoms with Crippen LogP contribution in [-0.2, 0) is 12.8 Å². The third-order valence-electron chi connectivity index (χ3n) is 4.74. The number of hydrogen-bond acceptors (Lipinski definition) is 4. The molecule has 0 spiro atoms. The van der Waals surface area contributed by atoms with Crippen LogP contribution in [0.15, 0.2) is 59.5 Å². The van der Waals surface area contributed by atoms with Crippen molar-refractivity contribution in [3.63, 3.8) is 0 Å². The molecule has 0 radical (unpaired) electrons. The molecule has 0 amide bonds. The minimum atomic E-state index is -0.205. The number of fused-ring (bicyclic) bond motifs is 3. The maximum Gasteiger partial charge on any atom is 0.283 e. The summed E-state index contributed by atoms with van der Waals surface area (Å²) in [6.07, 6.45) is 3.38. The maximum atomic E-state index is 12.6. The maximum absolute atomic E-state index is 12.6. The standard InChI is InChI=1S/C19H16N6O/c20-24-17(10-9-12-11-21-15-7-3-1-5-13(12)15)23-25-18(26)14-6-2-4-8-16(14)22-19(24)25/h1-8,11,21H,9-10,20H2. The number of aromatic amines is 1. The Morgan fingerprint density at radius 2 is 1.77 bits per heavy atom. The van der Waals surface area contributed by atoms with Gasteiger partial charge in [-0.25, -0.2) is 9.66 Å². The van der Waals surface area contributed by atoms with E-state index in [1.54, 1.807) is 12.1 Å². The molecule has 2 aromatic carbocycles. The number of nitrogens with two attached hydrogens (primary N) is 1. The van der Waals surface area contributed by atoms with Crippen molar-refractivity contribution in [2.75, 3.05) is 5.84 Å². The van der Waals surface area contributed by atoms with Crippen molar-refractivity contribution in [1.82, 2.24) is 24.3 Å². The number of aryl methyl sites for hydroxylation is 2. The Hall–Kier alpha value is -3.61. The molecule has 0 bridgehead atoms. The van der Waals surface area contributed by atoms with Crippen molar-refractivity contribution >= 4 is 27.6 Å². The monoisotopic (exact) mass is 344 g/mol. The number of aromatic nitrogens is 5. The first-order valence-corrected chi connectivity index (χ1v) is 8.42. The van der Waals surface area contributed by atoms with Crippen molar-refractivity contribution in [3.8, 4) is 0 Å². The van der Waals surface area contributed by atoms with E-state index in [2.05, 4.69) is 21.1 Å². The molecule has 0 unspecified atom stereocenters. The van der Waals surface area contributed by atoms with E-state index in [0.717, 1.165) is 11.9 Å². The van der Waals surface area contributed by atoms with Gasteiger partial charge in [-0.1, -0.05) is 30.3 Å². The van der Waals surface area contributed by atoms with Crippen LogP contribution in [-0.4, -0.2) is 24.3 Å². The lowest BCUT2D eigenvalue weighted by Gasteiger charge is -2.01. The zero-order valence-electron chi connectivity index (χ0n) is 13.9. The highest BCUT2D eigenvalue weighted by Crippen LogP contribution is 2.19. The van der Waals surface area contributed by atoms with Gasteiger partial charge in [0.1, 0.15) is 0 Å². The van der Waals surface area contributed by atoms with E-state index in [1.807, 2.05) is 36.5 Å². The number of nitrogens with zero attached hydrogens (tertiary/aromatic N) is 4. The van der Waals surface area contributed by atoms with Gasteiger partial charge in [-0.2, -0.15) is 4.52 Å². The summed E-state index contributed by atoms with van der Waals surface area (Å²) < 4.78 is 2.69. The summed E-state index contributed by atoms with van der Waals surface area (Å²) in [6.45, 7) is 0. The fraction of sp³-hybridized carbons (Fsp3) is 0.105. The van der Waals surface area contributed by atoms with Crippen molar-refractivity contribution in [1.29, 1.82) is 0 Å². The summed E-state index contributed by atoms with van der Waals surface area (Å²) in [4.78, 5) is 20.4. The minimum Gasteiger partial charge on any atom is -0.361 e. The molecule has 0 atom stereocenters. The van der Waals surface area contributed by atoms with Gasteiger partial charge in [-0.05, 0) is 30.2 Å². The van der Waals surface area contributed by atoms with Gasteiger partial charge in [0, 0.05) is 23.5 Å². The van der Waals surface area contributed by atoms with Crippen LogP contribution in [0.4, 0.5) is 0 Å². The molecule has 26 heavy (non-hydrogen) atoms. The summed E-state index contributed by atoms with van der Waals surface area (Å²) in [6, 6.07) is 15.4. The second-order valence-corrected chi connectivity index (χ2v) is 6.29. The molecule has 5 aromatic rings. The zero-order chi connectivity index (χ0) is 17.7. The van der Waals surface area contributed by atoms with Gasteiger partial charge in [-0.15, -0.1) is 5.10 Å². The zero-order valence-corrected chi connectivity index (χ0v) is 13.9. The summed E-state index contributed by atoms with van der Waals surface area (Å²) in [5, 5.41) is 6.13. The lowest BCUT2D eigenvalue weighted by Crippen LogP contribution is -2.18. The molecule has 3 aromatic heterocycles. The molecule has 128 valence electrons. The van der Waals surface area contributed by atoms with Crippen molar-refractivity contribution in [2.45, 2.75) is 12.8 Å². The van der Waals surface area contributed by atoms with Crippen LogP contribution in [0.2, 0.25) is 0 Å². The van der Waals surface area contributed by atoms with Crippen LogP contribution in [0.1, 0.15) is 11.4 Å². The highest BCUT2D eigenvalue weighted by atomic mass is 16.1. The quantitative estimate of drug-likeness (QED) is 0.490. The van der Waals surface area contributed by atoms with Crippen molar-refractivity contribution in [3.05, 3.63) is 76.5 Å². The number of rotatable bonds is 3. The van der Waals surface area contributed by atoms with Gasteiger partial charge in [0.2, 0.25) is 0 Å². The van der Waals surface area contributed by atoms with Crippen LogP contribution in [0.5, 0.6) is 0 Å². The number of hydrogen-bond donors (Lipinski definition) is 2. The number of nitrogens with one attached hydrogen (secondary N) is 1. The predicted octanol–water partition coefficient (Wildman–Crippen LogP) is 2.02. The Bertz CT molecular complexity index is 1330. The van der Waals surface area contributed by atoms with Crippen LogP contribution in [0.25, 0.3) is 27.6 Å². The molecule has 0 aliphatic rings. The second-order valence-electron chi connectivity index (χ2n) is 6.29. The molecule has 0 aliphatic carbocycles. The van der Waals surface area contributed by atoms with Crippen molar-refractivity contribution < 1.29 is 0 Å². The Morgan fingerprint density at radius 1 is 1.00 bits per heavy atom. The van der Waals surface area contributed by atoms with Gasteiger partial charge < -0.3 is 10.8 Å². The first-order valence-electron chi connectivity index (χ1n) is 8.42. The predicted molar refractivity (Wildman–Crippen MR) is 101 cm³/mol. The lowest BCUT2D eigenvalue weighted by atomic mass is 10.1. The Labute approximate surface area is 147 Å². The van der Waals surface area contributed by atoms with Gasteiger partial charge in [0.25, 0.3) is 11.3 Å². The van der Waals surface area contributed by atoms with E-state index in [9.17, 15) is 4.79 Å². The van der Waals surface area contributed by atoms with Crippen LogP contribution in [0, 0.1) is 0 Å². The van der Waals surface area contributed by atoms with Gasteiger partial charge in [0.15, 0.2) is 5.82 Å². The first kappa shape index (κ1) is 14.7. The van der Waals surface area contributed by atoms with E-state index in [0.29, 0.717) is 28.9 Å². The van der Waals surface area contributed by atoms with E-state index < -0.39 is 0 Å². The normalized spacial score (nSPS) is 11.7. The third-order valence-corrected chi connectivity index (χ3v) is 4.74. The lowest BCUT2D eigenvalue weighted by molar-refractivity contribution is 0.795. The highest BCUT2D eigenvalue weighted by molar-refractivity contribution is 5.83. The molecule has 7 nitrogen and oxygen atoms in total. The fourth-order valence-corrected chi connectivity index (χ4v) is 3.39. The Balaban J connectivity index is 1.57. The van der Waals surface area contributed by atoms with E-state index in [1.165, 1.54) is 20.1 Å². The molecular weight excluding hydrogens is 328 g/mol. The third kappa shape index (κ3) is 2.10. The second kappa shape index (κ2) is 5.45. The number of para-hydroxylation sites is 2. The minimum absolute atomic E-state index is 0.205. The fourth-order valence-electron chi connectivity index (χ4n) is 3.39. The largest absolute Gasteiger partial charge is 0.361 e. The number of nitrogen functional groups attached to an aromatic ring is 1. The average molecular weight is 344 g/mol. The molecule has 0 aliphatic heterocycles. The van der Waals surface area contributed by atoms with Gasteiger partial charge >= 0.3 is 0 Å². The molecule has 0 saturated carbocycles. The molecule has 3 heterocycles. The molecule has 0 fully saturated rings. The van der Waals surface area contributed by atoms with E-state index >= 15 is 0 Å². The van der Waals surface area contributed by atoms with Crippen LogP contribution >= 0.6 is 0 Å². The Morgan fingerprint density at radius 3 is 2.65 bits per heavy atom. The molecule has 3 N–H and O–H groups in total.